The van der Waals surface area contributed by atoms with E-state index in [1.54, 1.807) is 4.68 Å². The molecule has 3 aliphatic rings. The Morgan fingerprint density at radius 1 is 1.30 bits per heavy atom. The minimum Gasteiger partial charge on any atom is -0.328 e. The number of fused-ring (bicyclic) bond motifs is 2. The molecule has 20 heavy (non-hydrogen) atoms. The van der Waals surface area contributed by atoms with Crippen molar-refractivity contribution in [2.45, 2.75) is 18.4 Å². The molecule has 1 saturated carbocycles. The molecule has 0 atom stereocenters. The van der Waals surface area contributed by atoms with Crippen LogP contribution in [0.4, 0.5) is 0 Å². The summed E-state index contributed by atoms with van der Waals surface area (Å²) in [5.41, 5.74) is 2.07. The van der Waals surface area contributed by atoms with E-state index in [9.17, 15) is 4.79 Å². The van der Waals surface area contributed by atoms with Gasteiger partial charge in [0.05, 0.1) is 6.20 Å². The number of carbonyl (C=O) groups excluding carboxylic acids is 1. The van der Waals surface area contributed by atoms with E-state index in [2.05, 4.69) is 22.2 Å². The molecular weight excluding hydrogens is 252 g/mol. The van der Waals surface area contributed by atoms with Gasteiger partial charge in [0.25, 0.3) is 5.91 Å². The maximum Gasteiger partial charge on any atom is 0.252 e. The van der Waals surface area contributed by atoms with E-state index in [0.717, 1.165) is 29.8 Å². The Morgan fingerprint density at radius 2 is 2.05 bits per heavy atom. The van der Waals surface area contributed by atoms with Crippen molar-refractivity contribution in [2.24, 2.45) is 5.92 Å². The summed E-state index contributed by atoms with van der Waals surface area (Å²) >= 11 is 0. The van der Waals surface area contributed by atoms with Crippen molar-refractivity contribution in [2.75, 3.05) is 0 Å². The molecule has 2 aliphatic heterocycles. The van der Waals surface area contributed by atoms with Crippen LogP contribution in [0.25, 0.3) is 11.3 Å². The molecule has 1 aliphatic carbocycles. The van der Waals surface area contributed by atoms with Crippen molar-refractivity contribution in [3.8, 4) is 11.3 Å². The molecule has 2 aromatic rings. The topological polar surface area (TPSA) is 59.8 Å². The van der Waals surface area contributed by atoms with E-state index in [-0.39, 0.29) is 5.91 Å². The molecule has 1 N–H and O–H groups in total. The lowest BCUT2D eigenvalue weighted by Crippen LogP contribution is -2.63. The average Bonchev–Trinajstić information content (AvgIpc) is 2.88. The molecule has 1 amide bonds. The number of hydrogen-bond donors (Lipinski definition) is 1. The highest BCUT2D eigenvalue weighted by Crippen LogP contribution is 2.50. The van der Waals surface area contributed by atoms with Crippen LogP contribution in [0.5, 0.6) is 0 Å². The van der Waals surface area contributed by atoms with Crippen LogP contribution in [0.3, 0.4) is 0 Å². The highest BCUT2D eigenvalue weighted by molar-refractivity contribution is 5.89. The summed E-state index contributed by atoms with van der Waals surface area (Å²) in [6.45, 7) is 3.88. The van der Waals surface area contributed by atoms with Gasteiger partial charge in [0.2, 0.25) is 0 Å². The minimum atomic E-state index is -0.564. The zero-order valence-electron chi connectivity index (χ0n) is 10.9. The maximum absolute atomic E-state index is 12.3. The Morgan fingerprint density at radius 3 is 2.75 bits per heavy atom. The predicted octanol–water partition coefficient (Wildman–Crippen LogP) is 1.69. The maximum atomic E-state index is 12.3. The number of rotatable bonds is 2. The van der Waals surface area contributed by atoms with Gasteiger partial charge in [-0.2, -0.15) is 0 Å². The van der Waals surface area contributed by atoms with Gasteiger partial charge in [-0.25, -0.2) is 4.68 Å². The Kier molecular flexibility index (Phi) is 2.16. The number of allylic oxidation sites excluding steroid dienone is 1. The summed E-state index contributed by atoms with van der Waals surface area (Å²) < 4.78 is 1.72. The number of benzene rings is 1. The normalized spacial score (nSPS) is 27.9. The summed E-state index contributed by atoms with van der Waals surface area (Å²) in [6, 6.07) is 9.85. The SMILES string of the molecule is C=C1NC(=O)C2(n3cc(-c4ccccc4)nn3)CC1C2. The third kappa shape index (κ3) is 1.40. The fourth-order valence-electron chi connectivity index (χ4n) is 3.06. The smallest absolute Gasteiger partial charge is 0.252 e. The van der Waals surface area contributed by atoms with Crippen molar-refractivity contribution in [1.29, 1.82) is 0 Å². The molecule has 2 bridgehead atoms. The molecule has 1 aromatic heterocycles. The average molecular weight is 266 g/mol. The first-order chi connectivity index (χ1) is 9.69. The van der Waals surface area contributed by atoms with Gasteiger partial charge in [-0.1, -0.05) is 42.1 Å². The van der Waals surface area contributed by atoms with Crippen LogP contribution in [0.1, 0.15) is 12.8 Å². The van der Waals surface area contributed by atoms with Gasteiger partial charge in [-0.05, 0) is 12.8 Å². The molecule has 0 spiro atoms. The molecule has 5 heteroatoms. The van der Waals surface area contributed by atoms with E-state index in [0.29, 0.717) is 5.92 Å². The number of aromatic nitrogens is 3. The number of nitrogens with zero attached hydrogens (tertiary/aromatic N) is 3. The Hall–Kier alpha value is -2.43. The number of nitrogens with one attached hydrogen (secondary N) is 1. The lowest BCUT2D eigenvalue weighted by Gasteiger charge is -2.51. The summed E-state index contributed by atoms with van der Waals surface area (Å²) in [5.74, 6) is 0.353. The first-order valence-corrected chi connectivity index (χ1v) is 6.67. The Labute approximate surface area is 116 Å². The van der Waals surface area contributed by atoms with Gasteiger partial charge in [0.1, 0.15) is 11.2 Å². The predicted molar refractivity (Wildman–Crippen MR) is 73.4 cm³/mol. The first kappa shape index (κ1) is 11.4. The molecule has 100 valence electrons. The second-order valence-corrected chi connectivity index (χ2v) is 5.53. The van der Waals surface area contributed by atoms with Gasteiger partial charge in [0, 0.05) is 17.2 Å². The van der Waals surface area contributed by atoms with Gasteiger partial charge in [-0.15, -0.1) is 5.10 Å². The molecule has 0 radical (unpaired) electrons. The Balaban J connectivity index is 1.70. The molecule has 0 unspecified atom stereocenters. The first-order valence-electron chi connectivity index (χ1n) is 6.67. The number of amides is 1. The third-order valence-corrected chi connectivity index (χ3v) is 4.36. The van der Waals surface area contributed by atoms with Crippen LogP contribution in [-0.4, -0.2) is 20.9 Å². The summed E-state index contributed by atoms with van der Waals surface area (Å²) in [5, 5.41) is 11.2. The van der Waals surface area contributed by atoms with Crippen molar-refractivity contribution in [1.82, 2.24) is 20.3 Å². The third-order valence-electron chi connectivity index (χ3n) is 4.36. The van der Waals surface area contributed by atoms with Gasteiger partial charge >= 0.3 is 0 Å². The van der Waals surface area contributed by atoms with Gasteiger partial charge in [-0.3, -0.25) is 4.79 Å². The molecule has 5 rings (SSSR count). The van der Waals surface area contributed by atoms with E-state index < -0.39 is 5.54 Å². The van der Waals surface area contributed by atoms with Crippen LogP contribution >= 0.6 is 0 Å². The zero-order valence-corrected chi connectivity index (χ0v) is 10.9. The van der Waals surface area contributed by atoms with E-state index in [1.165, 1.54) is 0 Å². The van der Waals surface area contributed by atoms with Crippen LogP contribution in [0.2, 0.25) is 0 Å². The van der Waals surface area contributed by atoms with Gasteiger partial charge in [0.15, 0.2) is 0 Å². The fraction of sp³-hybridized carbons (Fsp3) is 0.267. The van der Waals surface area contributed by atoms with Crippen LogP contribution in [0.15, 0.2) is 48.8 Å². The van der Waals surface area contributed by atoms with E-state index >= 15 is 0 Å². The molecule has 1 aromatic carbocycles. The summed E-state index contributed by atoms with van der Waals surface area (Å²) in [4.78, 5) is 12.3. The lowest BCUT2D eigenvalue weighted by atomic mass is 9.63. The van der Waals surface area contributed by atoms with Crippen molar-refractivity contribution in [3.05, 3.63) is 48.8 Å². The second kappa shape index (κ2) is 3.79. The monoisotopic (exact) mass is 266 g/mol. The highest BCUT2D eigenvalue weighted by atomic mass is 16.2. The van der Waals surface area contributed by atoms with Crippen LogP contribution in [-0.2, 0) is 10.3 Å². The molecule has 5 nitrogen and oxygen atoms in total. The van der Waals surface area contributed by atoms with Crippen molar-refractivity contribution < 1.29 is 4.79 Å². The van der Waals surface area contributed by atoms with E-state index in [4.69, 9.17) is 0 Å². The zero-order chi connectivity index (χ0) is 13.7. The standard InChI is InChI=1S/C15H14N4O/c1-10-12-7-15(8-12,14(20)16-10)19-9-13(17-18-19)11-5-3-2-4-6-11/h2-6,9,12H,1,7-8H2,(H,16,20). The highest BCUT2D eigenvalue weighted by Gasteiger charge is 2.57. The molecule has 3 heterocycles. The molecule has 2 saturated heterocycles. The van der Waals surface area contributed by atoms with Gasteiger partial charge < -0.3 is 5.32 Å². The fourth-order valence-corrected chi connectivity index (χ4v) is 3.06. The number of carbonyl (C=O) groups is 1. The summed E-state index contributed by atoms with van der Waals surface area (Å²) in [6.07, 6.45) is 3.41. The molecular formula is C15H14N4O. The van der Waals surface area contributed by atoms with E-state index in [1.807, 2.05) is 36.5 Å². The van der Waals surface area contributed by atoms with Crippen molar-refractivity contribution >= 4 is 5.91 Å². The number of hydrogen-bond acceptors (Lipinski definition) is 3. The second-order valence-electron chi connectivity index (χ2n) is 5.53. The number of piperidine rings is 2. The largest absolute Gasteiger partial charge is 0.328 e. The minimum absolute atomic E-state index is 0.0190. The van der Waals surface area contributed by atoms with Crippen LogP contribution in [0, 0.1) is 5.92 Å². The Bertz CT molecular complexity index is 698. The summed E-state index contributed by atoms with van der Waals surface area (Å²) in [7, 11) is 0. The quantitative estimate of drug-likeness (QED) is 0.900. The lowest BCUT2D eigenvalue weighted by molar-refractivity contribution is -0.141. The van der Waals surface area contributed by atoms with Crippen LogP contribution < -0.4 is 5.32 Å². The molecule has 3 fully saturated rings. The van der Waals surface area contributed by atoms with Crippen molar-refractivity contribution in [3.63, 3.8) is 0 Å².